The number of carbonyl (C=O) groups is 4. The van der Waals surface area contributed by atoms with Gasteiger partial charge in [-0.3, -0.25) is 24.8 Å². The second kappa shape index (κ2) is 19.9. The summed E-state index contributed by atoms with van der Waals surface area (Å²) in [5.74, 6) is -3.40. The molecule has 2 N–H and O–H groups in total. The van der Waals surface area contributed by atoms with Crippen molar-refractivity contribution < 1.29 is 33.4 Å². The summed E-state index contributed by atoms with van der Waals surface area (Å²) in [5, 5.41) is 3.99. The van der Waals surface area contributed by atoms with E-state index in [1.807, 2.05) is 127 Å². The van der Waals surface area contributed by atoms with Crippen LogP contribution in [0.5, 0.6) is 0 Å². The first-order chi connectivity index (χ1) is 26.8. The van der Waals surface area contributed by atoms with Gasteiger partial charge in [-0.05, 0) is 94.0 Å². The van der Waals surface area contributed by atoms with Crippen molar-refractivity contribution in [3.8, 4) is 11.1 Å². The molecular formula is C47H63N3O7. The smallest absolute Gasteiger partial charge is 0.407 e. The van der Waals surface area contributed by atoms with Crippen molar-refractivity contribution in [2.24, 2.45) is 23.7 Å². The van der Waals surface area contributed by atoms with Crippen molar-refractivity contribution in [2.45, 2.75) is 105 Å². The van der Waals surface area contributed by atoms with Gasteiger partial charge in [0.05, 0.1) is 24.0 Å². The van der Waals surface area contributed by atoms with Gasteiger partial charge < -0.3 is 19.5 Å². The number of rotatable bonds is 16. The molecule has 10 heteroatoms. The van der Waals surface area contributed by atoms with Gasteiger partial charge in [0.15, 0.2) is 0 Å². The topological polar surface area (TPSA) is 123 Å². The number of amides is 3. The molecule has 10 nitrogen and oxygen atoms in total. The van der Waals surface area contributed by atoms with Crippen LogP contribution in [0.1, 0.15) is 105 Å². The molecule has 3 aromatic rings. The molecule has 0 spiro atoms. The fourth-order valence-electron chi connectivity index (χ4n) is 6.93. The second-order valence-corrected chi connectivity index (χ2v) is 17.7. The third-order valence-corrected chi connectivity index (χ3v) is 9.43. The zero-order valence-corrected chi connectivity index (χ0v) is 35.5. The molecule has 3 aromatic carbocycles. The summed E-state index contributed by atoms with van der Waals surface area (Å²) in [5.41, 5.74) is 6.77. The van der Waals surface area contributed by atoms with Gasteiger partial charge in [-0.1, -0.05) is 119 Å². The van der Waals surface area contributed by atoms with Crippen LogP contribution in [0.4, 0.5) is 4.79 Å². The molecule has 4 rings (SSSR count). The van der Waals surface area contributed by atoms with Crippen LogP contribution in [0.25, 0.3) is 17.2 Å². The molecule has 0 aromatic heterocycles. The molecule has 0 saturated heterocycles. The van der Waals surface area contributed by atoms with E-state index in [0.29, 0.717) is 6.42 Å². The molecule has 308 valence electrons. The minimum atomic E-state index is -1.20. The maximum Gasteiger partial charge on any atom is 0.407 e. The average Bonchev–Trinajstić information content (AvgIpc) is 3.45. The standard InChI is InChI=1S/C47H63N3O7/c1-31(2)27-39(38(44(53)57-47(8,9)10)26-18-21-33-19-12-11-13-20-33)42(51)49-50(28-32(3)4)43(52)41(30-56-46(5,6)7)48-45(54)55-29-40-36-24-16-14-22-34(36)35-23-15-17-25-37(35)40/h11-25,31-32,38-41H,26-30H2,1-10H3,(H,48,54)(H,49,51)/b21-18+/t38-,39+,41+/m0/s1. The molecule has 1 aliphatic carbocycles. The predicted octanol–water partition coefficient (Wildman–Crippen LogP) is 8.95. The highest BCUT2D eigenvalue weighted by molar-refractivity contribution is 5.90. The predicted molar refractivity (Wildman–Crippen MR) is 225 cm³/mol. The molecule has 57 heavy (non-hydrogen) atoms. The number of fused-ring (bicyclic) bond motifs is 3. The normalized spacial score (nSPS) is 14.5. The Morgan fingerprint density at radius 1 is 0.754 bits per heavy atom. The summed E-state index contributed by atoms with van der Waals surface area (Å²) in [7, 11) is 0. The van der Waals surface area contributed by atoms with E-state index < -0.39 is 53.0 Å². The van der Waals surface area contributed by atoms with Gasteiger partial charge >= 0.3 is 12.1 Å². The van der Waals surface area contributed by atoms with Crippen molar-refractivity contribution in [3.63, 3.8) is 0 Å². The summed E-state index contributed by atoms with van der Waals surface area (Å²) in [6.45, 7) is 18.8. The fraction of sp³-hybridized carbons (Fsp3) is 0.489. The number of nitrogens with one attached hydrogen (secondary N) is 2. The molecular weight excluding hydrogens is 719 g/mol. The fourth-order valence-corrected chi connectivity index (χ4v) is 6.93. The number of allylic oxidation sites excluding steroid dienone is 1. The molecule has 0 saturated carbocycles. The lowest BCUT2D eigenvalue weighted by Gasteiger charge is -2.34. The molecule has 3 amide bonds. The first kappa shape index (κ1) is 44.8. The molecule has 1 aliphatic rings. The molecule has 0 unspecified atom stereocenters. The lowest BCUT2D eigenvalue weighted by molar-refractivity contribution is -0.165. The maximum absolute atomic E-state index is 14.5. The zero-order chi connectivity index (χ0) is 41.9. The van der Waals surface area contributed by atoms with Crippen LogP contribution in [0.2, 0.25) is 0 Å². The van der Waals surface area contributed by atoms with Crippen LogP contribution >= 0.6 is 0 Å². The van der Waals surface area contributed by atoms with Crippen molar-refractivity contribution in [2.75, 3.05) is 19.8 Å². The third-order valence-electron chi connectivity index (χ3n) is 9.43. The summed E-state index contributed by atoms with van der Waals surface area (Å²) in [6.07, 6.45) is 3.65. The van der Waals surface area contributed by atoms with E-state index in [1.54, 1.807) is 20.8 Å². The third kappa shape index (κ3) is 13.6. The van der Waals surface area contributed by atoms with Gasteiger partial charge in [-0.2, -0.15) is 0 Å². The molecule has 0 aliphatic heterocycles. The van der Waals surface area contributed by atoms with Gasteiger partial charge in [0.1, 0.15) is 18.2 Å². The minimum absolute atomic E-state index is 0.0428. The number of alkyl carbamates (subject to hydrolysis) is 1. The number of esters is 1. The molecule has 0 radical (unpaired) electrons. The number of ether oxygens (including phenoxy) is 3. The second-order valence-electron chi connectivity index (χ2n) is 17.7. The van der Waals surface area contributed by atoms with Crippen LogP contribution in [-0.4, -0.2) is 65.9 Å². The van der Waals surface area contributed by atoms with E-state index in [0.717, 1.165) is 27.8 Å². The highest BCUT2D eigenvalue weighted by Gasteiger charge is 2.39. The quantitative estimate of drug-likeness (QED) is 0.110. The highest BCUT2D eigenvalue weighted by Crippen LogP contribution is 2.44. The molecule has 0 bridgehead atoms. The highest BCUT2D eigenvalue weighted by atomic mass is 16.6. The Hall–Kier alpha value is -4.96. The molecule has 0 heterocycles. The van der Waals surface area contributed by atoms with E-state index in [1.165, 1.54) is 5.01 Å². The van der Waals surface area contributed by atoms with Crippen LogP contribution < -0.4 is 10.7 Å². The number of benzene rings is 3. The largest absolute Gasteiger partial charge is 0.460 e. The van der Waals surface area contributed by atoms with Crippen molar-refractivity contribution in [1.29, 1.82) is 0 Å². The number of nitrogens with zero attached hydrogens (tertiary/aromatic N) is 1. The summed E-state index contributed by atoms with van der Waals surface area (Å²) in [6, 6.07) is 24.6. The lowest BCUT2D eigenvalue weighted by atomic mass is 9.82. The SMILES string of the molecule is CC(C)C[C@@H](C(=O)NN(CC(C)C)C(=O)[C@@H](COC(C)(C)C)NC(=O)OCC1c2ccccc2-c2ccccc21)[C@H](C/C=C/c1ccccc1)C(=O)OC(C)(C)C. The summed E-state index contributed by atoms with van der Waals surface area (Å²) >= 11 is 0. The van der Waals surface area contributed by atoms with Crippen LogP contribution in [-0.2, 0) is 28.6 Å². The number of carbonyl (C=O) groups excluding carboxylic acids is 4. The minimum Gasteiger partial charge on any atom is -0.460 e. The Morgan fingerprint density at radius 3 is 1.88 bits per heavy atom. The van der Waals surface area contributed by atoms with E-state index in [9.17, 15) is 19.2 Å². The van der Waals surface area contributed by atoms with Crippen LogP contribution in [0, 0.1) is 23.7 Å². The number of hydrazine groups is 1. The van der Waals surface area contributed by atoms with Crippen molar-refractivity contribution in [3.05, 3.63) is 102 Å². The maximum atomic E-state index is 14.5. The van der Waals surface area contributed by atoms with Gasteiger partial charge in [-0.15, -0.1) is 0 Å². The Bertz CT molecular complexity index is 1800. The van der Waals surface area contributed by atoms with Crippen LogP contribution in [0.3, 0.4) is 0 Å². The van der Waals surface area contributed by atoms with Gasteiger partial charge in [0, 0.05) is 12.5 Å². The lowest BCUT2D eigenvalue weighted by Crippen LogP contribution is -2.59. The number of hydrogen-bond acceptors (Lipinski definition) is 7. The summed E-state index contributed by atoms with van der Waals surface area (Å²) < 4.78 is 17.7. The van der Waals surface area contributed by atoms with Gasteiger partial charge in [-0.25, -0.2) is 4.79 Å². The Labute approximate surface area is 339 Å². The van der Waals surface area contributed by atoms with E-state index in [2.05, 4.69) is 22.9 Å². The first-order valence-electron chi connectivity index (χ1n) is 20.1. The van der Waals surface area contributed by atoms with Gasteiger partial charge in [0.25, 0.3) is 5.91 Å². The zero-order valence-electron chi connectivity index (χ0n) is 35.5. The summed E-state index contributed by atoms with van der Waals surface area (Å²) in [4.78, 5) is 56.3. The molecule has 0 fully saturated rings. The monoisotopic (exact) mass is 781 g/mol. The van der Waals surface area contributed by atoms with Crippen molar-refractivity contribution in [1.82, 2.24) is 15.8 Å². The Morgan fingerprint density at radius 2 is 1.33 bits per heavy atom. The average molecular weight is 782 g/mol. The van der Waals surface area contributed by atoms with E-state index >= 15 is 0 Å². The Kier molecular flexibility index (Phi) is 15.7. The van der Waals surface area contributed by atoms with Crippen molar-refractivity contribution >= 4 is 30.0 Å². The van der Waals surface area contributed by atoms with Crippen LogP contribution in [0.15, 0.2) is 84.9 Å². The van der Waals surface area contributed by atoms with Gasteiger partial charge in [0.2, 0.25) is 5.91 Å². The Balaban J connectivity index is 1.57. The van der Waals surface area contributed by atoms with E-state index in [-0.39, 0.29) is 43.9 Å². The van der Waals surface area contributed by atoms with E-state index in [4.69, 9.17) is 14.2 Å². The first-order valence-corrected chi connectivity index (χ1v) is 20.1. The number of hydrogen-bond donors (Lipinski definition) is 2. The molecule has 3 atom stereocenters.